The number of nitrogens with zero attached hydrogens (tertiary/aromatic N) is 3. The Labute approximate surface area is 240 Å². The summed E-state index contributed by atoms with van der Waals surface area (Å²) in [6.45, 7) is 14.8. The summed E-state index contributed by atoms with van der Waals surface area (Å²) in [5.74, 6) is 0.657. The summed E-state index contributed by atoms with van der Waals surface area (Å²) in [6.07, 6.45) is 5.03. The number of fused-ring (bicyclic) bond motifs is 1. The van der Waals surface area contributed by atoms with Gasteiger partial charge < -0.3 is 20.4 Å². The minimum Gasteiger partial charge on any atom is -0.408 e. The van der Waals surface area contributed by atoms with Gasteiger partial charge in [-0.25, -0.2) is 9.78 Å². The van der Waals surface area contributed by atoms with E-state index >= 15 is 0 Å². The molecule has 0 spiro atoms. The van der Waals surface area contributed by atoms with E-state index in [9.17, 15) is 9.59 Å². The van der Waals surface area contributed by atoms with Crippen LogP contribution in [0, 0.1) is 17.8 Å². The zero-order chi connectivity index (χ0) is 29.5. The molecule has 0 unspecified atom stereocenters. The highest BCUT2D eigenvalue weighted by molar-refractivity contribution is 5.94. The van der Waals surface area contributed by atoms with Crippen molar-refractivity contribution in [3.05, 3.63) is 70.3 Å². The first-order chi connectivity index (χ1) is 19.3. The zero-order valence-electron chi connectivity index (χ0n) is 25.0. The summed E-state index contributed by atoms with van der Waals surface area (Å²) in [7, 11) is 0. The summed E-state index contributed by atoms with van der Waals surface area (Å²) < 4.78 is 7.44. The molecule has 9 heteroatoms. The van der Waals surface area contributed by atoms with Crippen LogP contribution < -0.4 is 21.7 Å². The Morgan fingerprint density at radius 1 is 0.976 bits per heavy atom. The van der Waals surface area contributed by atoms with Crippen molar-refractivity contribution in [3.63, 3.8) is 0 Å². The van der Waals surface area contributed by atoms with Crippen LogP contribution in [0.1, 0.15) is 82.8 Å². The van der Waals surface area contributed by atoms with E-state index in [-0.39, 0.29) is 28.5 Å². The number of amides is 1. The molecular formula is C32H40N6O3. The number of carbonyl (C=O) groups excluding carboxylic acids is 1. The second-order valence-corrected chi connectivity index (χ2v) is 13.2. The summed E-state index contributed by atoms with van der Waals surface area (Å²) in [5, 5.41) is 9.68. The summed E-state index contributed by atoms with van der Waals surface area (Å²) in [5.41, 5.74) is 3.98. The van der Waals surface area contributed by atoms with Crippen LogP contribution in [0.2, 0.25) is 0 Å². The topological polar surface area (TPSA) is 114 Å². The van der Waals surface area contributed by atoms with Gasteiger partial charge in [0.15, 0.2) is 5.58 Å². The number of carbonyl (C=O) groups is 1. The van der Waals surface area contributed by atoms with Crippen molar-refractivity contribution in [2.24, 2.45) is 10.8 Å². The number of rotatable bonds is 7. The Morgan fingerprint density at radius 3 is 2.24 bits per heavy atom. The molecule has 0 saturated heterocycles. The van der Waals surface area contributed by atoms with Gasteiger partial charge in [-0.05, 0) is 79.5 Å². The van der Waals surface area contributed by atoms with Crippen molar-refractivity contribution >= 4 is 40.1 Å². The Kier molecular flexibility index (Phi) is 7.40. The van der Waals surface area contributed by atoms with Crippen LogP contribution in [0.15, 0.2) is 57.9 Å². The molecule has 1 aliphatic rings. The van der Waals surface area contributed by atoms with E-state index < -0.39 is 0 Å². The second kappa shape index (κ2) is 10.7. The number of oxazole rings is 1. The van der Waals surface area contributed by atoms with Crippen LogP contribution in [0.5, 0.6) is 0 Å². The van der Waals surface area contributed by atoms with E-state index in [1.54, 1.807) is 22.9 Å². The highest BCUT2D eigenvalue weighted by Gasteiger charge is 2.39. The number of hydrogen-bond donors (Lipinski definition) is 3. The van der Waals surface area contributed by atoms with Crippen LogP contribution in [0.25, 0.3) is 11.1 Å². The monoisotopic (exact) mass is 556 g/mol. The fourth-order valence-corrected chi connectivity index (χ4v) is 5.85. The standard InChI is InChI=1S/C32H40N6O3/c1-19-18-33-29(36-22-13-11-20(12-14-22)27(39)35-21-9-8-10-21)37-26(19)34-23-15-16-25-24(17-23)38(30(40)41-25)28(31(2,3)4)32(5,6)7/h11-18,21,28H,8-10H2,1-7H3,(H,35,39)(H2,33,34,36,37). The first-order valence-electron chi connectivity index (χ1n) is 14.2. The first kappa shape index (κ1) is 28.4. The lowest BCUT2D eigenvalue weighted by molar-refractivity contribution is 0.0917. The lowest BCUT2D eigenvalue weighted by atomic mass is 9.72. The van der Waals surface area contributed by atoms with E-state index in [1.165, 1.54) is 6.42 Å². The average molecular weight is 557 g/mol. The van der Waals surface area contributed by atoms with E-state index in [1.807, 2.05) is 37.3 Å². The predicted octanol–water partition coefficient (Wildman–Crippen LogP) is 7.10. The van der Waals surface area contributed by atoms with Crippen molar-refractivity contribution in [2.45, 2.75) is 79.8 Å². The maximum absolute atomic E-state index is 13.1. The van der Waals surface area contributed by atoms with Crippen LogP contribution in [-0.4, -0.2) is 26.5 Å². The third-order valence-corrected chi connectivity index (χ3v) is 7.59. The summed E-state index contributed by atoms with van der Waals surface area (Å²) in [6, 6.07) is 13.1. The van der Waals surface area contributed by atoms with Gasteiger partial charge in [0.2, 0.25) is 5.95 Å². The van der Waals surface area contributed by atoms with Crippen LogP contribution in [-0.2, 0) is 0 Å². The third-order valence-electron chi connectivity index (χ3n) is 7.59. The Balaban J connectivity index is 1.38. The maximum atomic E-state index is 13.1. The molecule has 41 heavy (non-hydrogen) atoms. The van der Waals surface area contributed by atoms with Gasteiger partial charge in [-0.2, -0.15) is 4.98 Å². The largest absolute Gasteiger partial charge is 0.420 e. The van der Waals surface area contributed by atoms with Crippen LogP contribution in [0.3, 0.4) is 0 Å². The number of aryl methyl sites for hydroxylation is 1. The molecule has 0 radical (unpaired) electrons. The number of nitrogens with one attached hydrogen (secondary N) is 3. The molecule has 1 aliphatic carbocycles. The lowest BCUT2D eigenvalue weighted by Gasteiger charge is -2.41. The van der Waals surface area contributed by atoms with Gasteiger partial charge >= 0.3 is 5.76 Å². The Hall–Kier alpha value is -4.14. The van der Waals surface area contributed by atoms with Gasteiger partial charge in [-0.1, -0.05) is 41.5 Å². The van der Waals surface area contributed by atoms with Gasteiger partial charge in [0.25, 0.3) is 5.91 Å². The van der Waals surface area contributed by atoms with Crippen molar-refractivity contribution in [1.29, 1.82) is 0 Å². The van der Waals surface area contributed by atoms with E-state index in [2.05, 4.69) is 62.5 Å². The van der Waals surface area contributed by atoms with Crippen molar-refractivity contribution in [2.75, 3.05) is 10.6 Å². The van der Waals surface area contributed by atoms with Crippen LogP contribution in [0.4, 0.5) is 23.1 Å². The molecule has 9 nitrogen and oxygen atoms in total. The van der Waals surface area contributed by atoms with Crippen molar-refractivity contribution in [3.8, 4) is 0 Å². The third kappa shape index (κ3) is 6.14. The molecule has 1 fully saturated rings. The summed E-state index contributed by atoms with van der Waals surface area (Å²) in [4.78, 5) is 34.6. The number of benzene rings is 2. The summed E-state index contributed by atoms with van der Waals surface area (Å²) >= 11 is 0. The average Bonchev–Trinajstić information content (AvgIpc) is 3.17. The molecule has 0 bridgehead atoms. The van der Waals surface area contributed by atoms with Gasteiger partial charge in [0, 0.05) is 34.7 Å². The minimum absolute atomic E-state index is 0.0457. The Morgan fingerprint density at radius 2 is 1.63 bits per heavy atom. The van der Waals surface area contributed by atoms with Gasteiger partial charge in [-0.15, -0.1) is 0 Å². The lowest BCUT2D eigenvalue weighted by Crippen LogP contribution is -2.39. The molecule has 3 N–H and O–H groups in total. The van der Waals surface area contributed by atoms with Crippen LogP contribution >= 0.6 is 0 Å². The number of aromatic nitrogens is 3. The van der Waals surface area contributed by atoms with Gasteiger partial charge in [0.05, 0.1) is 11.6 Å². The molecule has 4 aromatic rings. The zero-order valence-corrected chi connectivity index (χ0v) is 25.0. The SMILES string of the molecule is Cc1cnc(Nc2ccc(C(=O)NC3CCC3)cc2)nc1Nc1ccc2oc(=O)n(C(C(C)(C)C)C(C)(C)C)c2c1. The second-order valence-electron chi connectivity index (χ2n) is 13.2. The molecule has 2 heterocycles. The highest BCUT2D eigenvalue weighted by Crippen LogP contribution is 2.44. The van der Waals surface area contributed by atoms with Gasteiger partial charge in [0.1, 0.15) is 5.82 Å². The van der Waals surface area contributed by atoms with E-state index in [0.29, 0.717) is 29.0 Å². The molecule has 216 valence electrons. The molecule has 2 aromatic heterocycles. The molecule has 0 aliphatic heterocycles. The fourth-order valence-electron chi connectivity index (χ4n) is 5.85. The molecule has 0 atom stereocenters. The molecule has 1 saturated carbocycles. The van der Waals surface area contributed by atoms with Crippen molar-refractivity contribution in [1.82, 2.24) is 19.9 Å². The van der Waals surface area contributed by atoms with Crippen molar-refractivity contribution < 1.29 is 9.21 Å². The number of hydrogen-bond acceptors (Lipinski definition) is 7. The normalized spacial score (nSPS) is 14.2. The van der Waals surface area contributed by atoms with Gasteiger partial charge in [-0.3, -0.25) is 9.36 Å². The molecular weight excluding hydrogens is 516 g/mol. The smallest absolute Gasteiger partial charge is 0.408 e. The van der Waals surface area contributed by atoms with E-state index in [4.69, 9.17) is 9.40 Å². The Bertz CT molecular complexity index is 1600. The molecule has 5 rings (SSSR count). The predicted molar refractivity (Wildman–Crippen MR) is 163 cm³/mol. The highest BCUT2D eigenvalue weighted by atomic mass is 16.4. The van der Waals surface area contributed by atoms with E-state index in [0.717, 1.165) is 35.3 Å². The molecule has 2 aromatic carbocycles. The first-order valence-corrected chi connectivity index (χ1v) is 14.2. The minimum atomic E-state index is -0.358. The maximum Gasteiger partial charge on any atom is 0.420 e. The quantitative estimate of drug-likeness (QED) is 0.222. The fraction of sp³-hybridized carbons (Fsp3) is 0.438. The number of anilines is 4. The molecule has 1 amide bonds.